The van der Waals surface area contributed by atoms with Gasteiger partial charge in [0, 0.05) is 18.3 Å². The Morgan fingerprint density at radius 3 is 2.83 bits per heavy atom. The van der Waals surface area contributed by atoms with Crippen LogP contribution in [0.3, 0.4) is 0 Å². The van der Waals surface area contributed by atoms with Gasteiger partial charge in [-0.3, -0.25) is 4.79 Å². The summed E-state index contributed by atoms with van der Waals surface area (Å²) in [7, 11) is 0. The molecule has 0 N–H and O–H groups in total. The van der Waals surface area contributed by atoms with Crippen molar-refractivity contribution in [1.82, 2.24) is 14.7 Å². The molecule has 1 amide bonds. The molecule has 3 rings (SSSR count). The van der Waals surface area contributed by atoms with Crippen LogP contribution < -0.4 is 0 Å². The number of amides is 1. The average molecular weight is 343 g/mol. The molecular weight excluding hydrogens is 326 g/mol. The van der Waals surface area contributed by atoms with E-state index < -0.39 is 0 Å². The van der Waals surface area contributed by atoms with E-state index in [0.717, 1.165) is 11.3 Å². The monoisotopic (exact) mass is 343 g/mol. The van der Waals surface area contributed by atoms with Crippen LogP contribution in [0, 0.1) is 6.92 Å². The number of carbonyl (C=O) groups is 1. The van der Waals surface area contributed by atoms with Crippen molar-refractivity contribution in [2.45, 2.75) is 11.6 Å². The first-order valence-electron chi connectivity index (χ1n) is 7.18. The van der Waals surface area contributed by atoms with Crippen LogP contribution in [0.2, 0.25) is 0 Å². The molecule has 118 valence electrons. The van der Waals surface area contributed by atoms with Crippen molar-refractivity contribution in [3.05, 3.63) is 65.3 Å². The standard InChI is InChI=1S/C17H17N3OS2/c1-3-8-19-16(21)15(23-17(19)22)9-13-10-18-20(11-13)14-6-4-12(2)5-7-14/h3-7,9-11,17,22H,1,8H2,2H3/b15-9-. The lowest BCUT2D eigenvalue weighted by Gasteiger charge is -2.16. The molecule has 0 radical (unpaired) electrons. The molecule has 1 aliphatic rings. The Morgan fingerprint density at radius 2 is 2.13 bits per heavy atom. The summed E-state index contributed by atoms with van der Waals surface area (Å²) in [6, 6.07) is 8.13. The van der Waals surface area contributed by atoms with Gasteiger partial charge >= 0.3 is 0 Å². The molecule has 1 unspecified atom stereocenters. The largest absolute Gasteiger partial charge is 0.313 e. The van der Waals surface area contributed by atoms with Crippen molar-refractivity contribution in [3.8, 4) is 5.69 Å². The van der Waals surface area contributed by atoms with E-state index in [0.29, 0.717) is 11.4 Å². The number of thioether (sulfide) groups is 1. The molecule has 0 aliphatic carbocycles. The number of aryl methyl sites for hydroxylation is 1. The second-order valence-electron chi connectivity index (χ2n) is 5.25. The molecule has 1 atom stereocenters. The number of thiol groups is 1. The maximum atomic E-state index is 12.3. The van der Waals surface area contributed by atoms with E-state index in [1.165, 1.54) is 17.3 Å². The molecule has 0 saturated carbocycles. The van der Waals surface area contributed by atoms with E-state index >= 15 is 0 Å². The fourth-order valence-corrected chi connectivity index (χ4v) is 3.78. The van der Waals surface area contributed by atoms with Crippen molar-refractivity contribution >= 4 is 36.4 Å². The van der Waals surface area contributed by atoms with Crippen LogP contribution in [0.15, 0.2) is 54.2 Å². The predicted octanol–water partition coefficient (Wildman–Crippen LogP) is 3.50. The Balaban J connectivity index is 1.82. The minimum absolute atomic E-state index is 0.0158. The van der Waals surface area contributed by atoms with E-state index in [1.54, 1.807) is 21.9 Å². The van der Waals surface area contributed by atoms with Gasteiger partial charge in [0.1, 0.15) is 4.71 Å². The van der Waals surface area contributed by atoms with Crippen LogP contribution in [0.25, 0.3) is 11.8 Å². The molecule has 1 aromatic heterocycles. The Bertz CT molecular complexity index is 764. The molecule has 23 heavy (non-hydrogen) atoms. The zero-order valence-electron chi connectivity index (χ0n) is 12.7. The van der Waals surface area contributed by atoms with Crippen molar-refractivity contribution in [2.24, 2.45) is 0 Å². The van der Waals surface area contributed by atoms with Gasteiger partial charge in [-0.1, -0.05) is 35.5 Å². The van der Waals surface area contributed by atoms with E-state index in [-0.39, 0.29) is 10.6 Å². The van der Waals surface area contributed by atoms with Gasteiger partial charge in [-0.15, -0.1) is 19.2 Å². The third-order valence-corrected chi connectivity index (χ3v) is 5.10. The third kappa shape index (κ3) is 3.38. The van der Waals surface area contributed by atoms with Gasteiger partial charge < -0.3 is 4.90 Å². The summed E-state index contributed by atoms with van der Waals surface area (Å²) in [5.74, 6) is -0.0158. The molecule has 6 heteroatoms. The van der Waals surface area contributed by atoms with Gasteiger partial charge in [0.05, 0.1) is 16.8 Å². The fourth-order valence-electron chi connectivity index (χ4n) is 2.28. The zero-order chi connectivity index (χ0) is 16.4. The second-order valence-corrected chi connectivity index (χ2v) is 7.21. The Morgan fingerprint density at radius 1 is 1.39 bits per heavy atom. The summed E-state index contributed by atoms with van der Waals surface area (Å²) in [5.41, 5.74) is 3.09. The number of benzene rings is 1. The maximum Gasteiger partial charge on any atom is 0.262 e. The van der Waals surface area contributed by atoms with Crippen LogP contribution in [0.5, 0.6) is 0 Å². The van der Waals surface area contributed by atoms with Gasteiger partial charge in [-0.25, -0.2) is 4.68 Å². The van der Waals surface area contributed by atoms with Gasteiger partial charge in [0.25, 0.3) is 5.91 Å². The normalized spacial score (nSPS) is 19.6. The summed E-state index contributed by atoms with van der Waals surface area (Å²) in [4.78, 5) is 14.7. The summed E-state index contributed by atoms with van der Waals surface area (Å²) < 4.78 is 1.63. The highest BCUT2D eigenvalue weighted by Crippen LogP contribution is 2.37. The van der Waals surface area contributed by atoms with Crippen LogP contribution in [-0.2, 0) is 4.79 Å². The Labute approximate surface area is 145 Å². The molecule has 1 aromatic carbocycles. The van der Waals surface area contributed by atoms with Crippen molar-refractivity contribution in [1.29, 1.82) is 0 Å². The molecule has 4 nitrogen and oxygen atoms in total. The molecule has 0 bridgehead atoms. The number of rotatable bonds is 4. The predicted molar refractivity (Wildman–Crippen MR) is 98.6 cm³/mol. The highest BCUT2D eigenvalue weighted by molar-refractivity contribution is 8.14. The summed E-state index contributed by atoms with van der Waals surface area (Å²) in [6.07, 6.45) is 7.23. The third-order valence-electron chi connectivity index (χ3n) is 3.50. The van der Waals surface area contributed by atoms with E-state index in [4.69, 9.17) is 0 Å². The lowest BCUT2D eigenvalue weighted by atomic mass is 10.2. The number of aromatic nitrogens is 2. The number of hydrogen-bond donors (Lipinski definition) is 1. The maximum absolute atomic E-state index is 12.3. The molecule has 0 spiro atoms. The van der Waals surface area contributed by atoms with Crippen LogP contribution in [0.4, 0.5) is 0 Å². The highest BCUT2D eigenvalue weighted by atomic mass is 32.2. The van der Waals surface area contributed by atoms with Crippen LogP contribution in [0.1, 0.15) is 11.1 Å². The summed E-state index contributed by atoms with van der Waals surface area (Å²) in [5, 5.41) is 4.36. The van der Waals surface area contributed by atoms with E-state index in [1.807, 2.05) is 36.5 Å². The minimum atomic E-state index is -0.168. The van der Waals surface area contributed by atoms with Gasteiger partial charge in [0.2, 0.25) is 0 Å². The Hall–Kier alpha value is -1.92. The zero-order valence-corrected chi connectivity index (χ0v) is 14.4. The molecular formula is C17H17N3OS2. The van der Waals surface area contributed by atoms with Gasteiger partial charge in [-0.2, -0.15) is 5.10 Å². The molecule has 2 aromatic rings. The fraction of sp³-hybridized carbons (Fsp3) is 0.176. The van der Waals surface area contributed by atoms with Crippen LogP contribution in [-0.4, -0.2) is 31.8 Å². The molecule has 1 aliphatic heterocycles. The first-order chi connectivity index (χ1) is 11.1. The number of carbonyl (C=O) groups excluding carboxylic acids is 1. The average Bonchev–Trinajstić information content (AvgIpc) is 3.09. The van der Waals surface area contributed by atoms with Crippen molar-refractivity contribution < 1.29 is 4.79 Å². The topological polar surface area (TPSA) is 38.1 Å². The first kappa shape index (κ1) is 16.0. The molecule has 2 heterocycles. The van der Waals surface area contributed by atoms with Gasteiger partial charge in [0.15, 0.2) is 0 Å². The van der Waals surface area contributed by atoms with Crippen molar-refractivity contribution in [3.63, 3.8) is 0 Å². The number of hydrogen-bond acceptors (Lipinski definition) is 4. The SMILES string of the molecule is C=CCN1C(=O)/C(=C/c2cnn(-c3ccc(C)cc3)c2)SC1S. The summed E-state index contributed by atoms with van der Waals surface area (Å²) in [6.45, 7) is 6.23. The molecule has 1 saturated heterocycles. The molecule has 1 fully saturated rings. The minimum Gasteiger partial charge on any atom is -0.313 e. The number of nitrogens with zero attached hydrogens (tertiary/aromatic N) is 3. The Kier molecular flexibility index (Phi) is 4.63. The second kappa shape index (κ2) is 6.68. The lowest BCUT2D eigenvalue weighted by molar-refractivity contribution is -0.124. The van der Waals surface area contributed by atoms with E-state index in [2.05, 4.69) is 31.2 Å². The quantitative estimate of drug-likeness (QED) is 0.525. The summed E-state index contributed by atoms with van der Waals surface area (Å²) >= 11 is 5.88. The van der Waals surface area contributed by atoms with E-state index in [9.17, 15) is 4.79 Å². The van der Waals surface area contributed by atoms with Crippen LogP contribution >= 0.6 is 24.4 Å². The lowest BCUT2D eigenvalue weighted by Crippen LogP contribution is -2.29. The van der Waals surface area contributed by atoms with Gasteiger partial charge in [-0.05, 0) is 25.1 Å². The van der Waals surface area contributed by atoms with Crippen molar-refractivity contribution in [2.75, 3.05) is 6.54 Å². The highest BCUT2D eigenvalue weighted by Gasteiger charge is 2.32. The first-order valence-corrected chi connectivity index (χ1v) is 8.58. The smallest absolute Gasteiger partial charge is 0.262 e.